The monoisotopic (exact) mass is 390 g/mol. The van der Waals surface area contributed by atoms with Crippen LogP contribution in [0.5, 0.6) is 0 Å². The van der Waals surface area contributed by atoms with Crippen LogP contribution in [-0.2, 0) is 16.0 Å². The van der Waals surface area contributed by atoms with Crippen molar-refractivity contribution in [3.63, 3.8) is 0 Å². The molecule has 0 saturated heterocycles. The predicted octanol–water partition coefficient (Wildman–Crippen LogP) is 5.82. The zero-order chi connectivity index (χ0) is 19.8. The van der Waals surface area contributed by atoms with E-state index in [9.17, 15) is 21.6 Å². The Kier molecular flexibility index (Phi) is 4.86. The first kappa shape index (κ1) is 19.2. The molecule has 0 unspecified atom stereocenters. The quantitative estimate of drug-likeness (QED) is 0.565. The first-order chi connectivity index (χ1) is 12.6. The van der Waals surface area contributed by atoms with Crippen molar-refractivity contribution in [3.05, 3.63) is 83.4 Å². The molecule has 0 radical (unpaired) electrons. The Bertz CT molecular complexity index is 1070. The van der Waals surface area contributed by atoms with Crippen LogP contribution >= 0.6 is 0 Å². The van der Waals surface area contributed by atoms with E-state index in [1.807, 2.05) is 0 Å². The summed E-state index contributed by atoms with van der Waals surface area (Å²) in [4.78, 5) is -0.878. The third kappa shape index (κ3) is 3.90. The molecule has 6 heteroatoms. The Balaban J connectivity index is 2.28. The van der Waals surface area contributed by atoms with Crippen molar-refractivity contribution in [3.8, 4) is 11.1 Å². The van der Waals surface area contributed by atoms with E-state index in [0.717, 1.165) is 12.1 Å². The van der Waals surface area contributed by atoms with Gasteiger partial charge in [-0.2, -0.15) is 13.2 Å². The summed E-state index contributed by atoms with van der Waals surface area (Å²) in [6, 6.07) is 16.5. The van der Waals surface area contributed by atoms with Gasteiger partial charge in [-0.05, 0) is 60.4 Å². The van der Waals surface area contributed by atoms with Crippen LogP contribution in [-0.4, -0.2) is 8.42 Å². The van der Waals surface area contributed by atoms with Gasteiger partial charge in [0.2, 0.25) is 9.84 Å². The lowest BCUT2D eigenvalue weighted by atomic mass is 10.0. The van der Waals surface area contributed by atoms with Gasteiger partial charge in [0.15, 0.2) is 0 Å². The summed E-state index contributed by atoms with van der Waals surface area (Å²) >= 11 is 0. The van der Waals surface area contributed by atoms with Gasteiger partial charge in [-0.1, -0.05) is 42.5 Å². The van der Waals surface area contributed by atoms with Crippen LogP contribution in [0, 0.1) is 13.8 Å². The first-order valence-corrected chi connectivity index (χ1v) is 9.67. The second kappa shape index (κ2) is 6.85. The fourth-order valence-electron chi connectivity index (χ4n) is 3.00. The van der Waals surface area contributed by atoms with Gasteiger partial charge < -0.3 is 0 Å². The lowest BCUT2D eigenvalue weighted by Gasteiger charge is -2.16. The summed E-state index contributed by atoms with van der Waals surface area (Å²) in [5.74, 6) is 0. The van der Waals surface area contributed by atoms with Crippen LogP contribution in [0.3, 0.4) is 0 Å². The fraction of sp³-hybridized carbons (Fsp3) is 0.143. The molecule has 0 aliphatic carbocycles. The van der Waals surface area contributed by atoms with Crippen LogP contribution in [0.4, 0.5) is 13.2 Å². The molecule has 0 aromatic heterocycles. The van der Waals surface area contributed by atoms with Gasteiger partial charge in [-0.3, -0.25) is 0 Å². The molecular formula is C21H17F3O2S. The normalized spacial score (nSPS) is 12.2. The molecule has 140 valence electrons. The Morgan fingerprint density at radius 2 is 1.33 bits per heavy atom. The molecule has 27 heavy (non-hydrogen) atoms. The van der Waals surface area contributed by atoms with Crippen molar-refractivity contribution < 1.29 is 21.6 Å². The van der Waals surface area contributed by atoms with Gasteiger partial charge in [0, 0.05) is 0 Å². The van der Waals surface area contributed by atoms with Crippen molar-refractivity contribution in [2.45, 2.75) is 29.8 Å². The van der Waals surface area contributed by atoms with Gasteiger partial charge in [0.05, 0.1) is 15.4 Å². The minimum absolute atomic E-state index is 0.143. The molecule has 0 atom stereocenters. The van der Waals surface area contributed by atoms with Crippen LogP contribution in [0.15, 0.2) is 76.5 Å². The largest absolute Gasteiger partial charge is 0.417 e. The third-order valence-electron chi connectivity index (χ3n) is 4.19. The number of rotatable bonds is 3. The average Bonchev–Trinajstić information content (AvgIpc) is 2.60. The van der Waals surface area contributed by atoms with E-state index < -0.39 is 26.5 Å². The van der Waals surface area contributed by atoms with Crippen molar-refractivity contribution in [2.75, 3.05) is 0 Å². The Hall–Kier alpha value is -2.60. The molecule has 0 N–H and O–H groups in total. The number of aryl methyl sites for hydroxylation is 2. The lowest BCUT2D eigenvalue weighted by Crippen LogP contribution is -2.14. The molecule has 0 aliphatic heterocycles. The highest BCUT2D eigenvalue weighted by atomic mass is 32.2. The van der Waals surface area contributed by atoms with Crippen LogP contribution in [0.1, 0.15) is 16.7 Å². The average molecular weight is 390 g/mol. The standard InChI is InChI=1S/C21H17F3O2S/c1-14-10-15(2)12-18(11-14)27(25,26)20-13-17(16-6-4-3-5-7-16)8-9-19(20)21(22,23)24/h3-13H,1-2H3. The minimum atomic E-state index is -4.78. The Labute approximate surface area is 156 Å². The molecule has 3 rings (SSSR count). The van der Waals surface area contributed by atoms with Gasteiger partial charge in [0.25, 0.3) is 0 Å². The number of hydrogen-bond donors (Lipinski definition) is 0. The molecule has 2 nitrogen and oxygen atoms in total. The zero-order valence-corrected chi connectivity index (χ0v) is 15.5. The summed E-state index contributed by atoms with van der Waals surface area (Å²) in [5, 5.41) is 0. The van der Waals surface area contributed by atoms with E-state index in [0.29, 0.717) is 22.3 Å². The van der Waals surface area contributed by atoms with Crippen molar-refractivity contribution in [1.29, 1.82) is 0 Å². The minimum Gasteiger partial charge on any atom is -0.218 e. The summed E-state index contributed by atoms with van der Waals surface area (Å²) in [6.45, 7) is 3.41. The fourth-order valence-corrected chi connectivity index (χ4v) is 4.70. The molecule has 0 aliphatic rings. The maximum absolute atomic E-state index is 13.5. The van der Waals surface area contributed by atoms with Crippen LogP contribution < -0.4 is 0 Å². The second-order valence-electron chi connectivity index (χ2n) is 6.40. The maximum Gasteiger partial charge on any atom is 0.417 e. The molecule has 0 heterocycles. The second-order valence-corrected chi connectivity index (χ2v) is 8.32. The van der Waals surface area contributed by atoms with E-state index in [4.69, 9.17) is 0 Å². The van der Waals surface area contributed by atoms with Crippen molar-refractivity contribution >= 4 is 9.84 Å². The SMILES string of the molecule is Cc1cc(C)cc(S(=O)(=O)c2cc(-c3ccccc3)ccc2C(F)(F)F)c1. The summed E-state index contributed by atoms with van der Waals surface area (Å²) in [5.41, 5.74) is 1.22. The molecule has 0 spiro atoms. The van der Waals surface area contributed by atoms with E-state index in [1.54, 1.807) is 50.2 Å². The smallest absolute Gasteiger partial charge is 0.218 e. The highest BCUT2D eigenvalue weighted by Gasteiger charge is 2.38. The third-order valence-corrected chi connectivity index (χ3v) is 5.96. The highest BCUT2D eigenvalue weighted by Crippen LogP contribution is 2.38. The molecular weight excluding hydrogens is 373 g/mol. The van der Waals surface area contributed by atoms with Gasteiger partial charge >= 0.3 is 6.18 Å². The molecule has 3 aromatic carbocycles. The Morgan fingerprint density at radius 3 is 1.89 bits per heavy atom. The lowest BCUT2D eigenvalue weighted by molar-refractivity contribution is -0.139. The number of sulfone groups is 1. The van der Waals surface area contributed by atoms with Crippen molar-refractivity contribution in [2.24, 2.45) is 0 Å². The summed E-state index contributed by atoms with van der Waals surface area (Å²) in [6.07, 6.45) is -4.78. The number of hydrogen-bond acceptors (Lipinski definition) is 2. The summed E-state index contributed by atoms with van der Waals surface area (Å²) in [7, 11) is -4.35. The molecule has 0 amide bonds. The van der Waals surface area contributed by atoms with E-state index in [1.165, 1.54) is 18.2 Å². The maximum atomic E-state index is 13.5. The van der Waals surface area contributed by atoms with Crippen molar-refractivity contribution in [1.82, 2.24) is 0 Å². The topological polar surface area (TPSA) is 34.1 Å². The first-order valence-electron chi connectivity index (χ1n) is 8.19. The van der Waals surface area contributed by atoms with Crippen LogP contribution in [0.25, 0.3) is 11.1 Å². The molecule has 0 saturated carbocycles. The summed E-state index contributed by atoms with van der Waals surface area (Å²) < 4.78 is 66.7. The molecule has 0 bridgehead atoms. The predicted molar refractivity (Wildman–Crippen MR) is 98.2 cm³/mol. The number of alkyl halides is 3. The molecule has 0 fully saturated rings. The number of halogens is 3. The van der Waals surface area contributed by atoms with Gasteiger partial charge in [-0.15, -0.1) is 0 Å². The molecule has 3 aromatic rings. The van der Waals surface area contributed by atoms with Gasteiger partial charge in [0.1, 0.15) is 0 Å². The Morgan fingerprint density at radius 1 is 0.741 bits per heavy atom. The van der Waals surface area contributed by atoms with E-state index in [-0.39, 0.29) is 4.90 Å². The zero-order valence-electron chi connectivity index (χ0n) is 14.7. The van der Waals surface area contributed by atoms with E-state index >= 15 is 0 Å². The number of benzene rings is 3. The van der Waals surface area contributed by atoms with Gasteiger partial charge in [-0.25, -0.2) is 8.42 Å². The van der Waals surface area contributed by atoms with E-state index in [2.05, 4.69) is 0 Å². The highest BCUT2D eigenvalue weighted by molar-refractivity contribution is 7.91. The van der Waals surface area contributed by atoms with Crippen LogP contribution in [0.2, 0.25) is 0 Å².